The normalized spacial score (nSPS) is 10.3. The van der Waals surface area contributed by atoms with E-state index in [0.29, 0.717) is 0 Å². The molecule has 0 bridgehead atoms. The molecule has 2 rings (SSSR count). The van der Waals surface area contributed by atoms with E-state index in [2.05, 4.69) is 4.98 Å². The van der Waals surface area contributed by atoms with Gasteiger partial charge in [-0.1, -0.05) is 0 Å². The van der Waals surface area contributed by atoms with Crippen molar-refractivity contribution < 1.29 is 13.7 Å². The van der Waals surface area contributed by atoms with Crippen molar-refractivity contribution in [2.75, 3.05) is 5.73 Å². The third-order valence-electron chi connectivity index (χ3n) is 2.25. The van der Waals surface area contributed by atoms with Crippen molar-refractivity contribution >= 4 is 11.5 Å². The van der Waals surface area contributed by atoms with Crippen LogP contribution in [0.15, 0.2) is 30.3 Å². The van der Waals surface area contributed by atoms with Gasteiger partial charge in [-0.2, -0.15) is 0 Å². The van der Waals surface area contributed by atoms with E-state index in [4.69, 9.17) is 5.73 Å². The summed E-state index contributed by atoms with van der Waals surface area (Å²) < 4.78 is 26.5. The van der Waals surface area contributed by atoms with Gasteiger partial charge in [0.2, 0.25) is 0 Å². The fourth-order valence-electron chi connectivity index (χ4n) is 1.47. The number of hydrogen-bond acceptors (Lipinski definition) is 4. The van der Waals surface area contributed by atoms with Crippen LogP contribution in [0, 0.1) is 21.7 Å². The number of halogens is 2. The minimum absolute atomic E-state index is 0.0845. The van der Waals surface area contributed by atoms with Crippen LogP contribution in [-0.4, -0.2) is 9.91 Å². The molecule has 2 N–H and O–H groups in total. The lowest BCUT2D eigenvalue weighted by Gasteiger charge is -2.04. The standard InChI is InChI=1S/C11H7F2N3O2/c12-6-1-2-9(13)8(3-6)10-4-7(16(17)18)5-11(14)15-10/h1-5H,(H2,14,15). The maximum atomic E-state index is 13.5. The molecule has 1 heterocycles. The molecule has 5 nitrogen and oxygen atoms in total. The molecule has 0 unspecified atom stereocenters. The lowest BCUT2D eigenvalue weighted by atomic mass is 10.1. The number of hydrogen-bond donors (Lipinski definition) is 1. The van der Waals surface area contributed by atoms with E-state index in [1.54, 1.807) is 0 Å². The largest absolute Gasteiger partial charge is 0.383 e. The average Bonchev–Trinajstić information content (AvgIpc) is 2.31. The number of benzene rings is 1. The van der Waals surface area contributed by atoms with E-state index in [1.807, 2.05) is 0 Å². The summed E-state index contributed by atoms with van der Waals surface area (Å²) in [7, 11) is 0. The van der Waals surface area contributed by atoms with E-state index in [1.165, 1.54) is 0 Å². The third kappa shape index (κ3) is 2.24. The molecule has 0 aliphatic rings. The molecule has 0 spiro atoms. The van der Waals surface area contributed by atoms with Gasteiger partial charge in [-0.25, -0.2) is 13.8 Å². The van der Waals surface area contributed by atoms with E-state index in [9.17, 15) is 18.9 Å². The zero-order valence-corrected chi connectivity index (χ0v) is 8.93. The number of nitrogens with two attached hydrogens (primary N) is 1. The van der Waals surface area contributed by atoms with Gasteiger partial charge in [-0.15, -0.1) is 0 Å². The summed E-state index contributed by atoms with van der Waals surface area (Å²) >= 11 is 0. The Morgan fingerprint density at radius 2 is 1.94 bits per heavy atom. The lowest BCUT2D eigenvalue weighted by Crippen LogP contribution is -1.98. The Hall–Kier alpha value is -2.57. The molecule has 0 aliphatic carbocycles. The van der Waals surface area contributed by atoms with E-state index < -0.39 is 16.6 Å². The molecule has 0 aliphatic heterocycles. The second kappa shape index (κ2) is 4.36. The summed E-state index contributed by atoms with van der Waals surface area (Å²) in [4.78, 5) is 13.7. The molecule has 2 aromatic rings. The van der Waals surface area contributed by atoms with Crippen molar-refractivity contribution in [1.29, 1.82) is 0 Å². The van der Waals surface area contributed by atoms with Gasteiger partial charge in [0.15, 0.2) is 0 Å². The molecule has 18 heavy (non-hydrogen) atoms. The monoisotopic (exact) mass is 251 g/mol. The minimum atomic E-state index is -0.733. The first kappa shape index (κ1) is 11.9. The van der Waals surface area contributed by atoms with Crippen LogP contribution in [0.2, 0.25) is 0 Å². The SMILES string of the molecule is Nc1cc([N+](=O)[O-])cc(-c2cc(F)ccc2F)n1. The number of pyridine rings is 1. The number of nitrogen functional groups attached to an aromatic ring is 1. The predicted molar refractivity (Wildman–Crippen MR) is 60.7 cm³/mol. The topological polar surface area (TPSA) is 82.0 Å². The Labute approximate surface area is 100 Å². The Bertz CT molecular complexity index is 632. The van der Waals surface area contributed by atoms with Gasteiger partial charge in [-0.3, -0.25) is 10.1 Å². The summed E-state index contributed by atoms with van der Waals surface area (Å²) in [6.45, 7) is 0. The van der Waals surface area contributed by atoms with Gasteiger partial charge in [0.1, 0.15) is 17.5 Å². The van der Waals surface area contributed by atoms with Gasteiger partial charge in [-0.05, 0) is 18.2 Å². The zero-order chi connectivity index (χ0) is 13.3. The third-order valence-corrected chi connectivity index (χ3v) is 2.25. The minimum Gasteiger partial charge on any atom is -0.383 e. The predicted octanol–water partition coefficient (Wildman–Crippen LogP) is 2.52. The van der Waals surface area contributed by atoms with Crippen molar-refractivity contribution in [3.05, 3.63) is 52.1 Å². The van der Waals surface area contributed by atoms with Crippen LogP contribution >= 0.6 is 0 Å². The maximum Gasteiger partial charge on any atom is 0.275 e. The summed E-state index contributed by atoms with van der Waals surface area (Å²) in [5.74, 6) is -1.54. The molecule has 0 atom stereocenters. The Kier molecular flexibility index (Phi) is 2.88. The van der Waals surface area contributed by atoms with Gasteiger partial charge in [0, 0.05) is 11.6 Å². The van der Waals surface area contributed by atoms with E-state index in [-0.39, 0.29) is 22.8 Å². The summed E-state index contributed by atoms with van der Waals surface area (Å²) in [5, 5.41) is 10.6. The molecule has 0 amide bonds. The Morgan fingerprint density at radius 1 is 1.22 bits per heavy atom. The number of nitrogens with zero attached hydrogens (tertiary/aromatic N) is 2. The van der Waals surface area contributed by atoms with Crippen molar-refractivity contribution in [1.82, 2.24) is 4.98 Å². The van der Waals surface area contributed by atoms with Gasteiger partial charge in [0.25, 0.3) is 5.69 Å². The second-order valence-corrected chi connectivity index (χ2v) is 3.52. The van der Waals surface area contributed by atoms with Gasteiger partial charge in [0.05, 0.1) is 16.7 Å². The molecule has 1 aromatic carbocycles. The Balaban J connectivity index is 2.63. The van der Waals surface area contributed by atoms with Crippen LogP contribution in [0.3, 0.4) is 0 Å². The highest BCUT2D eigenvalue weighted by atomic mass is 19.1. The molecular formula is C11H7F2N3O2. The van der Waals surface area contributed by atoms with E-state index in [0.717, 1.165) is 30.3 Å². The van der Waals surface area contributed by atoms with Crippen LogP contribution in [-0.2, 0) is 0 Å². The van der Waals surface area contributed by atoms with Gasteiger partial charge < -0.3 is 5.73 Å². The lowest BCUT2D eigenvalue weighted by molar-refractivity contribution is -0.384. The van der Waals surface area contributed by atoms with Crippen molar-refractivity contribution in [3.63, 3.8) is 0 Å². The van der Waals surface area contributed by atoms with Crippen LogP contribution in [0.4, 0.5) is 20.3 Å². The zero-order valence-electron chi connectivity index (χ0n) is 8.93. The highest BCUT2D eigenvalue weighted by Crippen LogP contribution is 2.26. The molecule has 7 heteroatoms. The van der Waals surface area contributed by atoms with Gasteiger partial charge >= 0.3 is 0 Å². The van der Waals surface area contributed by atoms with Crippen molar-refractivity contribution in [2.45, 2.75) is 0 Å². The second-order valence-electron chi connectivity index (χ2n) is 3.52. The van der Waals surface area contributed by atoms with Crippen molar-refractivity contribution in [2.24, 2.45) is 0 Å². The van der Waals surface area contributed by atoms with Crippen LogP contribution in [0.25, 0.3) is 11.3 Å². The number of nitro groups is 1. The molecular weight excluding hydrogens is 244 g/mol. The number of aromatic nitrogens is 1. The molecule has 0 fully saturated rings. The first-order valence-corrected chi connectivity index (χ1v) is 4.85. The molecule has 0 saturated heterocycles. The molecule has 0 saturated carbocycles. The maximum absolute atomic E-state index is 13.5. The van der Waals surface area contributed by atoms with Crippen LogP contribution < -0.4 is 5.73 Å². The summed E-state index contributed by atoms with van der Waals surface area (Å²) in [6.07, 6.45) is 0. The first-order valence-electron chi connectivity index (χ1n) is 4.85. The first-order chi connectivity index (χ1) is 8.47. The summed E-state index contributed by atoms with van der Waals surface area (Å²) in [5.41, 5.74) is 4.80. The fourth-order valence-corrected chi connectivity index (χ4v) is 1.47. The van der Waals surface area contributed by atoms with Crippen LogP contribution in [0.1, 0.15) is 0 Å². The quantitative estimate of drug-likeness (QED) is 0.656. The average molecular weight is 251 g/mol. The highest BCUT2D eigenvalue weighted by molar-refractivity contribution is 5.65. The molecule has 0 radical (unpaired) electrons. The van der Waals surface area contributed by atoms with Crippen LogP contribution in [0.5, 0.6) is 0 Å². The fraction of sp³-hybridized carbons (Fsp3) is 0. The number of anilines is 1. The smallest absolute Gasteiger partial charge is 0.275 e. The van der Waals surface area contributed by atoms with Crippen molar-refractivity contribution in [3.8, 4) is 11.3 Å². The summed E-state index contributed by atoms with van der Waals surface area (Å²) in [6, 6.07) is 4.84. The Morgan fingerprint density at radius 3 is 2.61 bits per heavy atom. The molecule has 92 valence electrons. The highest BCUT2D eigenvalue weighted by Gasteiger charge is 2.14. The molecule has 1 aromatic heterocycles. The number of rotatable bonds is 2. The van der Waals surface area contributed by atoms with E-state index >= 15 is 0 Å².